The number of terminal acetylenes is 1. The quantitative estimate of drug-likeness (QED) is 0.593. The zero-order chi connectivity index (χ0) is 13.1. The molecule has 0 saturated heterocycles. The molecule has 17 heavy (non-hydrogen) atoms. The van der Waals surface area contributed by atoms with Crippen molar-refractivity contribution in [2.24, 2.45) is 12.5 Å². The summed E-state index contributed by atoms with van der Waals surface area (Å²) in [7, 11) is 1.75. The van der Waals surface area contributed by atoms with E-state index in [0.29, 0.717) is 12.0 Å². The van der Waals surface area contributed by atoms with Crippen LogP contribution in [0.5, 0.6) is 0 Å². The highest BCUT2D eigenvalue weighted by Crippen LogP contribution is 2.25. The molecule has 1 heterocycles. The van der Waals surface area contributed by atoms with E-state index in [-0.39, 0.29) is 17.5 Å². The molecule has 0 N–H and O–H groups in total. The van der Waals surface area contributed by atoms with Crippen molar-refractivity contribution < 1.29 is 9.53 Å². The van der Waals surface area contributed by atoms with Gasteiger partial charge in [0.2, 0.25) is 0 Å². The van der Waals surface area contributed by atoms with Crippen LogP contribution in [0.2, 0.25) is 0 Å². The molecule has 0 saturated carbocycles. The Morgan fingerprint density at radius 2 is 2.29 bits per heavy atom. The molecular formula is C13H18N2O2. The Hall–Kier alpha value is -1.76. The molecule has 0 aliphatic rings. The number of carbonyl (C=O) groups excluding carboxylic acids is 1. The molecule has 4 heteroatoms. The Labute approximate surface area is 102 Å². The number of carbonyl (C=O) groups is 1. The van der Waals surface area contributed by atoms with Gasteiger partial charge in [0.05, 0.1) is 11.8 Å². The van der Waals surface area contributed by atoms with Gasteiger partial charge in [-0.2, -0.15) is 5.10 Å². The molecule has 0 fully saturated rings. The fourth-order valence-corrected chi connectivity index (χ4v) is 1.36. The lowest BCUT2D eigenvalue weighted by Crippen LogP contribution is -2.31. The Morgan fingerprint density at radius 1 is 1.65 bits per heavy atom. The topological polar surface area (TPSA) is 44.1 Å². The van der Waals surface area contributed by atoms with Crippen molar-refractivity contribution in [2.45, 2.75) is 33.3 Å². The summed E-state index contributed by atoms with van der Waals surface area (Å²) in [5, 5.41) is 3.93. The molecule has 0 aliphatic heterocycles. The van der Waals surface area contributed by atoms with E-state index in [9.17, 15) is 4.79 Å². The van der Waals surface area contributed by atoms with Gasteiger partial charge in [0.1, 0.15) is 6.10 Å². The van der Waals surface area contributed by atoms with Crippen molar-refractivity contribution in [1.82, 2.24) is 9.78 Å². The van der Waals surface area contributed by atoms with Gasteiger partial charge in [0.15, 0.2) is 0 Å². The maximum Gasteiger partial charge on any atom is 0.341 e. The summed E-state index contributed by atoms with van der Waals surface area (Å²) in [5.74, 6) is 2.16. The molecule has 0 aromatic carbocycles. The third kappa shape index (κ3) is 3.63. The van der Waals surface area contributed by atoms with E-state index < -0.39 is 0 Å². The van der Waals surface area contributed by atoms with Gasteiger partial charge in [0, 0.05) is 19.7 Å². The largest absolute Gasteiger partial charge is 0.457 e. The average molecular weight is 234 g/mol. The smallest absolute Gasteiger partial charge is 0.341 e. The number of esters is 1. The second kappa shape index (κ2) is 5.05. The lowest BCUT2D eigenvalue weighted by atomic mass is 9.87. The van der Waals surface area contributed by atoms with Gasteiger partial charge in [-0.3, -0.25) is 4.68 Å². The molecule has 1 rings (SSSR count). The lowest BCUT2D eigenvalue weighted by Gasteiger charge is -2.28. The zero-order valence-corrected chi connectivity index (χ0v) is 10.7. The highest BCUT2D eigenvalue weighted by Gasteiger charge is 2.28. The molecule has 0 unspecified atom stereocenters. The minimum Gasteiger partial charge on any atom is -0.457 e. The van der Waals surface area contributed by atoms with E-state index in [2.05, 4.69) is 11.0 Å². The van der Waals surface area contributed by atoms with Gasteiger partial charge in [-0.15, -0.1) is 12.3 Å². The van der Waals surface area contributed by atoms with Crippen LogP contribution >= 0.6 is 0 Å². The number of aromatic nitrogens is 2. The van der Waals surface area contributed by atoms with Crippen LogP contribution in [0.25, 0.3) is 0 Å². The number of hydrogen-bond acceptors (Lipinski definition) is 3. The first-order chi connectivity index (χ1) is 7.84. The molecule has 92 valence electrons. The second-order valence-corrected chi connectivity index (χ2v) is 5.07. The van der Waals surface area contributed by atoms with Gasteiger partial charge in [-0.25, -0.2) is 4.79 Å². The number of ether oxygens (including phenoxy) is 1. The zero-order valence-electron chi connectivity index (χ0n) is 10.7. The van der Waals surface area contributed by atoms with Crippen LogP contribution in [-0.4, -0.2) is 21.9 Å². The first-order valence-corrected chi connectivity index (χ1v) is 5.47. The molecule has 1 aromatic heterocycles. The van der Waals surface area contributed by atoms with E-state index >= 15 is 0 Å². The molecule has 1 aromatic rings. The van der Waals surface area contributed by atoms with Crippen molar-refractivity contribution >= 4 is 5.97 Å². The fraction of sp³-hybridized carbons (Fsp3) is 0.538. The Morgan fingerprint density at radius 3 is 2.71 bits per heavy atom. The predicted octanol–water partition coefficient (Wildman–Crippen LogP) is 2.01. The first kappa shape index (κ1) is 13.3. The maximum absolute atomic E-state index is 11.8. The van der Waals surface area contributed by atoms with Crippen molar-refractivity contribution in [3.63, 3.8) is 0 Å². The summed E-state index contributed by atoms with van der Waals surface area (Å²) in [6.45, 7) is 5.97. The van der Waals surface area contributed by atoms with Crippen LogP contribution in [-0.2, 0) is 11.8 Å². The second-order valence-electron chi connectivity index (χ2n) is 5.07. The van der Waals surface area contributed by atoms with E-state index in [0.717, 1.165) is 0 Å². The fourth-order valence-electron chi connectivity index (χ4n) is 1.36. The molecule has 1 atom stereocenters. The van der Waals surface area contributed by atoms with E-state index in [1.165, 1.54) is 6.20 Å². The van der Waals surface area contributed by atoms with Crippen molar-refractivity contribution in [3.05, 3.63) is 18.0 Å². The van der Waals surface area contributed by atoms with Crippen LogP contribution in [0.1, 0.15) is 37.6 Å². The molecule has 0 radical (unpaired) electrons. The van der Waals surface area contributed by atoms with Crippen molar-refractivity contribution in [3.8, 4) is 12.3 Å². The van der Waals surface area contributed by atoms with Gasteiger partial charge < -0.3 is 4.74 Å². The number of hydrogen-bond donors (Lipinski definition) is 0. The summed E-state index contributed by atoms with van der Waals surface area (Å²) in [5.41, 5.74) is 0.267. The van der Waals surface area contributed by atoms with Crippen LogP contribution in [0.15, 0.2) is 12.4 Å². The molecule has 0 bridgehead atoms. The van der Waals surface area contributed by atoms with Crippen molar-refractivity contribution in [1.29, 1.82) is 0 Å². The summed E-state index contributed by atoms with van der Waals surface area (Å²) >= 11 is 0. The maximum atomic E-state index is 11.8. The van der Waals surface area contributed by atoms with Crippen molar-refractivity contribution in [2.75, 3.05) is 0 Å². The normalized spacial score (nSPS) is 12.9. The number of nitrogens with zero attached hydrogens (tertiary/aromatic N) is 2. The molecule has 0 amide bonds. The van der Waals surface area contributed by atoms with Gasteiger partial charge in [-0.1, -0.05) is 20.8 Å². The highest BCUT2D eigenvalue weighted by molar-refractivity contribution is 5.88. The van der Waals surface area contributed by atoms with Gasteiger partial charge >= 0.3 is 5.97 Å². The van der Waals surface area contributed by atoms with E-state index in [1.807, 2.05) is 20.8 Å². The molecule has 0 aliphatic carbocycles. The molecule has 4 nitrogen and oxygen atoms in total. The number of rotatable bonds is 3. The van der Waals surface area contributed by atoms with Gasteiger partial charge in [-0.05, 0) is 5.41 Å². The molecule has 0 spiro atoms. The minimum atomic E-state index is -0.381. The van der Waals surface area contributed by atoms with Crippen LogP contribution in [0.3, 0.4) is 0 Å². The van der Waals surface area contributed by atoms with Crippen LogP contribution in [0.4, 0.5) is 0 Å². The predicted molar refractivity (Wildman–Crippen MR) is 65.3 cm³/mol. The standard InChI is InChI=1S/C13H18N2O2/c1-6-7-11(13(2,3)4)17-12(16)10-8-14-15(5)9-10/h1,8-9,11H,7H2,2-5H3/t11-/m0/s1. The average Bonchev–Trinajstić information content (AvgIpc) is 2.62. The molecular weight excluding hydrogens is 216 g/mol. The van der Waals surface area contributed by atoms with E-state index in [4.69, 9.17) is 11.2 Å². The highest BCUT2D eigenvalue weighted by atomic mass is 16.5. The summed E-state index contributed by atoms with van der Waals surface area (Å²) in [6, 6.07) is 0. The minimum absolute atomic E-state index is 0.176. The van der Waals surface area contributed by atoms with Crippen LogP contribution < -0.4 is 0 Å². The van der Waals surface area contributed by atoms with Gasteiger partial charge in [0.25, 0.3) is 0 Å². The summed E-state index contributed by atoms with van der Waals surface area (Å²) in [6.07, 6.45) is 8.51. The third-order valence-electron chi connectivity index (χ3n) is 2.46. The van der Waals surface area contributed by atoms with Crippen LogP contribution in [0, 0.1) is 17.8 Å². The summed E-state index contributed by atoms with van der Waals surface area (Å²) in [4.78, 5) is 11.8. The first-order valence-electron chi connectivity index (χ1n) is 5.47. The Kier molecular flexibility index (Phi) is 3.95. The third-order valence-corrected chi connectivity index (χ3v) is 2.46. The van der Waals surface area contributed by atoms with E-state index in [1.54, 1.807) is 17.9 Å². The summed E-state index contributed by atoms with van der Waals surface area (Å²) < 4.78 is 6.98. The Balaban J connectivity index is 2.75. The SMILES string of the molecule is C#CC[C@H](OC(=O)c1cnn(C)c1)C(C)(C)C. The number of aryl methyl sites for hydroxylation is 1. The lowest BCUT2D eigenvalue weighted by molar-refractivity contribution is -0.000549. The monoisotopic (exact) mass is 234 g/mol. The Bertz CT molecular complexity index is 435.